The molecule has 0 aliphatic carbocycles. The molecular weight excluding hydrogens is 630 g/mol. The molecule has 0 radical (unpaired) electrons. The van der Waals surface area contributed by atoms with Gasteiger partial charge in [-0.05, 0) is 69.0 Å². The van der Waals surface area contributed by atoms with Gasteiger partial charge < -0.3 is 24.6 Å². The third-order valence-corrected chi connectivity index (χ3v) is 9.98. The molecule has 6 aromatic rings. The summed E-state index contributed by atoms with van der Waals surface area (Å²) >= 11 is 0. The summed E-state index contributed by atoms with van der Waals surface area (Å²) < 4.78 is 41.7. The molecule has 2 aliphatic heterocycles. The summed E-state index contributed by atoms with van der Waals surface area (Å²) in [5.74, 6) is 1.90. The first kappa shape index (κ1) is 30.8. The third kappa shape index (κ3) is 5.04. The molecule has 0 unspecified atom stereocenters. The number of ether oxygens (including phenoxy) is 1. The highest BCUT2D eigenvalue weighted by Gasteiger charge is 2.49. The number of aryl methyl sites for hydroxylation is 2. The quantitative estimate of drug-likeness (QED) is 0.169. The minimum atomic E-state index is -0.933. The molecule has 6 heterocycles. The first-order valence-corrected chi connectivity index (χ1v) is 16.1. The Morgan fingerprint density at radius 3 is 2.94 bits per heavy atom. The van der Waals surface area contributed by atoms with Crippen molar-refractivity contribution in [3.8, 4) is 35.4 Å². The van der Waals surface area contributed by atoms with Gasteiger partial charge in [-0.3, -0.25) is 4.90 Å². The van der Waals surface area contributed by atoms with Crippen molar-refractivity contribution in [1.29, 1.82) is 0 Å². The zero-order valence-corrected chi connectivity index (χ0v) is 26.9. The van der Waals surface area contributed by atoms with E-state index in [1.165, 1.54) is 24.3 Å². The van der Waals surface area contributed by atoms with Gasteiger partial charge in [0.05, 0.1) is 16.6 Å². The fraction of sp³-hybridized carbons (Fsp3) is 0.297. The van der Waals surface area contributed by atoms with Crippen molar-refractivity contribution in [2.45, 2.75) is 51.4 Å². The monoisotopic (exact) mass is 662 g/mol. The van der Waals surface area contributed by atoms with Crippen molar-refractivity contribution in [3.05, 3.63) is 81.2 Å². The lowest BCUT2D eigenvalue weighted by Gasteiger charge is -2.30. The Balaban J connectivity index is 1.29. The molecule has 2 aliphatic rings. The van der Waals surface area contributed by atoms with Crippen LogP contribution < -0.4 is 15.7 Å². The summed E-state index contributed by atoms with van der Waals surface area (Å²) in [6.45, 7) is 5.29. The molecule has 49 heavy (non-hydrogen) atoms. The standard InChI is InChI=1S/C37H32F2N6O4/c1-4-24-28(39)9-8-21-13-23(46)14-26(29(21)24)32-19(2)31-30(35(47)49-32)34(41-16-27-20(3)42-33-25(27)7-5-11-40-33)44-36(43-31)48-18-37-10-6-12-45(37)17-22(38)15-37/h1,5,7-9,11,13-14,22,46H,6,10,12,15-18H2,2-3H3,(H,40,42)(H,41,43,44)/t22-,37+/m1/s1. The fourth-order valence-electron chi connectivity index (χ4n) is 7.68. The summed E-state index contributed by atoms with van der Waals surface area (Å²) in [6, 6.07) is 9.38. The number of pyridine rings is 1. The minimum Gasteiger partial charge on any atom is -0.508 e. The lowest BCUT2D eigenvalue weighted by molar-refractivity contribution is 0.107. The molecule has 2 atom stereocenters. The van der Waals surface area contributed by atoms with Gasteiger partial charge in [0.15, 0.2) is 0 Å². The predicted molar refractivity (Wildman–Crippen MR) is 182 cm³/mol. The van der Waals surface area contributed by atoms with E-state index in [2.05, 4.69) is 31.1 Å². The van der Waals surface area contributed by atoms with Crippen molar-refractivity contribution in [3.63, 3.8) is 0 Å². The van der Waals surface area contributed by atoms with E-state index in [1.807, 2.05) is 19.1 Å². The Hall–Kier alpha value is -5.54. The lowest BCUT2D eigenvalue weighted by Crippen LogP contribution is -2.43. The molecule has 2 aromatic carbocycles. The van der Waals surface area contributed by atoms with Crippen LogP contribution in [0.2, 0.25) is 0 Å². The van der Waals surface area contributed by atoms with Gasteiger partial charge in [0.2, 0.25) is 0 Å². The number of H-pyrrole nitrogens is 1. The molecule has 3 N–H and O–H groups in total. The highest BCUT2D eigenvalue weighted by Crippen LogP contribution is 2.41. The number of halogens is 2. The second-order valence-corrected chi connectivity index (χ2v) is 12.9. The van der Waals surface area contributed by atoms with E-state index in [4.69, 9.17) is 20.6 Å². The minimum absolute atomic E-state index is 0.00613. The number of aromatic amines is 1. The maximum atomic E-state index is 14.9. The molecule has 0 saturated carbocycles. The molecule has 4 aromatic heterocycles. The van der Waals surface area contributed by atoms with Crippen LogP contribution in [0, 0.1) is 32.0 Å². The van der Waals surface area contributed by atoms with E-state index in [-0.39, 0.29) is 58.5 Å². The Bertz CT molecular complexity index is 2420. The van der Waals surface area contributed by atoms with Crippen molar-refractivity contribution in [2.75, 3.05) is 25.0 Å². The fourth-order valence-corrected chi connectivity index (χ4v) is 7.68. The van der Waals surface area contributed by atoms with Crippen LogP contribution in [0.4, 0.5) is 14.6 Å². The number of aromatic hydroxyl groups is 1. The molecule has 2 saturated heterocycles. The number of phenolic OH excluding ortho intramolecular Hbond substituents is 1. The number of hydrogen-bond donors (Lipinski definition) is 3. The van der Waals surface area contributed by atoms with Crippen LogP contribution in [0.3, 0.4) is 0 Å². The second-order valence-electron chi connectivity index (χ2n) is 12.9. The predicted octanol–water partition coefficient (Wildman–Crippen LogP) is 6.29. The average molecular weight is 663 g/mol. The van der Waals surface area contributed by atoms with E-state index in [0.29, 0.717) is 29.3 Å². The molecular formula is C37H32F2N6O4. The smallest absolute Gasteiger partial charge is 0.349 e. The van der Waals surface area contributed by atoms with Crippen LogP contribution in [-0.4, -0.2) is 61.3 Å². The number of aromatic nitrogens is 4. The molecule has 12 heteroatoms. The zero-order chi connectivity index (χ0) is 34.0. The van der Waals surface area contributed by atoms with Gasteiger partial charge in [-0.1, -0.05) is 12.0 Å². The van der Waals surface area contributed by atoms with Gasteiger partial charge in [-0.15, -0.1) is 6.42 Å². The molecule has 0 spiro atoms. The molecule has 2 fully saturated rings. The van der Waals surface area contributed by atoms with Crippen LogP contribution in [-0.2, 0) is 6.54 Å². The summed E-state index contributed by atoms with van der Waals surface area (Å²) in [4.78, 5) is 33.1. The van der Waals surface area contributed by atoms with Crippen LogP contribution in [0.25, 0.3) is 44.0 Å². The number of anilines is 1. The van der Waals surface area contributed by atoms with Crippen molar-refractivity contribution in [1.82, 2.24) is 24.8 Å². The number of nitrogens with one attached hydrogen (secondary N) is 2. The number of terminal acetylenes is 1. The first-order valence-electron chi connectivity index (χ1n) is 16.1. The van der Waals surface area contributed by atoms with Crippen molar-refractivity contribution < 1.29 is 23.0 Å². The largest absolute Gasteiger partial charge is 0.508 e. The van der Waals surface area contributed by atoms with Crippen LogP contribution >= 0.6 is 0 Å². The third-order valence-electron chi connectivity index (χ3n) is 9.98. The van der Waals surface area contributed by atoms with Crippen LogP contribution in [0.5, 0.6) is 11.8 Å². The maximum Gasteiger partial charge on any atom is 0.349 e. The van der Waals surface area contributed by atoms with Crippen molar-refractivity contribution in [2.24, 2.45) is 0 Å². The molecule has 0 amide bonds. The van der Waals surface area contributed by atoms with E-state index >= 15 is 0 Å². The highest BCUT2D eigenvalue weighted by molar-refractivity contribution is 6.03. The number of alkyl halides is 1. The summed E-state index contributed by atoms with van der Waals surface area (Å²) in [6.07, 6.45) is 8.61. The van der Waals surface area contributed by atoms with Gasteiger partial charge in [0.1, 0.15) is 47.0 Å². The Morgan fingerprint density at radius 1 is 1.24 bits per heavy atom. The Kier molecular flexibility index (Phi) is 7.26. The SMILES string of the molecule is C#Cc1c(F)ccc2cc(O)cc(-c3oc(=O)c4c(NCc5c(C)[nH]c6ncccc56)nc(OC[C@@]56CCCN5C[C@H](F)C6)nc4c3C)c12. The molecule has 10 nitrogen and oxygen atoms in total. The van der Waals surface area contributed by atoms with Gasteiger partial charge in [-0.25, -0.2) is 18.6 Å². The lowest BCUT2D eigenvalue weighted by atomic mass is 9.95. The van der Waals surface area contributed by atoms with Gasteiger partial charge in [0.25, 0.3) is 0 Å². The van der Waals surface area contributed by atoms with E-state index in [1.54, 1.807) is 13.1 Å². The molecule has 0 bridgehead atoms. The average Bonchev–Trinajstić information content (AvgIpc) is 3.72. The number of hydrogen-bond acceptors (Lipinski definition) is 9. The van der Waals surface area contributed by atoms with E-state index in [0.717, 1.165) is 41.7 Å². The summed E-state index contributed by atoms with van der Waals surface area (Å²) in [5, 5.41) is 15.7. The zero-order valence-electron chi connectivity index (χ0n) is 26.9. The summed E-state index contributed by atoms with van der Waals surface area (Å²) in [7, 11) is 0. The van der Waals surface area contributed by atoms with Gasteiger partial charge in [0, 0.05) is 58.9 Å². The van der Waals surface area contributed by atoms with Crippen LogP contribution in [0.15, 0.2) is 51.8 Å². The second kappa shape index (κ2) is 11.6. The first-order chi connectivity index (χ1) is 23.7. The summed E-state index contributed by atoms with van der Waals surface area (Å²) in [5.41, 5.74) is 2.22. The topological polar surface area (TPSA) is 129 Å². The number of nitrogens with zero attached hydrogens (tertiary/aromatic N) is 4. The van der Waals surface area contributed by atoms with E-state index < -0.39 is 23.2 Å². The maximum absolute atomic E-state index is 14.9. The van der Waals surface area contributed by atoms with Gasteiger partial charge >= 0.3 is 11.6 Å². The van der Waals surface area contributed by atoms with Gasteiger partial charge in [-0.2, -0.15) is 9.97 Å². The number of phenols is 1. The number of fused-ring (bicyclic) bond motifs is 4. The number of benzene rings is 2. The number of rotatable bonds is 7. The Morgan fingerprint density at radius 2 is 2.10 bits per heavy atom. The Labute approximate surface area is 279 Å². The molecule has 8 rings (SSSR count). The highest BCUT2D eigenvalue weighted by atomic mass is 19.1. The van der Waals surface area contributed by atoms with Crippen LogP contribution in [0.1, 0.15) is 41.6 Å². The normalized spacial score (nSPS) is 19.1. The van der Waals surface area contributed by atoms with Crippen molar-refractivity contribution >= 4 is 38.5 Å². The van der Waals surface area contributed by atoms with E-state index in [9.17, 15) is 18.7 Å². The molecule has 248 valence electrons.